The smallest absolute Gasteiger partial charge is 0.309 e. The maximum Gasteiger partial charge on any atom is 0.416 e. The number of nitriles is 2. The van der Waals surface area contributed by atoms with E-state index < -0.39 is 11.7 Å². The van der Waals surface area contributed by atoms with Crippen LogP contribution in [-0.2, 0) is 6.18 Å². The number of hydrogen-bond donors (Lipinski definition) is 0. The number of alkyl halides is 3. The van der Waals surface area contributed by atoms with Crippen molar-refractivity contribution in [3.63, 3.8) is 0 Å². The molecule has 7 heteroatoms. The van der Waals surface area contributed by atoms with E-state index in [1.54, 1.807) is 0 Å². The highest BCUT2D eigenvalue weighted by Gasteiger charge is 2.31. The van der Waals surface area contributed by atoms with E-state index in [1.807, 2.05) is 42.5 Å². The fourth-order valence-corrected chi connectivity index (χ4v) is 8.21. The molecule has 0 N–H and O–H groups in total. The summed E-state index contributed by atoms with van der Waals surface area (Å²) < 4.78 is 45.7. The SMILES string of the molecule is Cc1ccc2c(c1)c1cc(C)ccc1n2-c1ccc(C#N)c(-c2cc(-c3ccc(C(F)(F)F)cc3C#N)ccc2-n2c3ccc(C)cc3c3cc(C)ccc32)c1. The van der Waals surface area contributed by atoms with Crippen molar-refractivity contribution in [2.45, 2.75) is 33.9 Å². The molecule has 9 aromatic rings. The van der Waals surface area contributed by atoms with Crippen LogP contribution in [0.25, 0.3) is 77.2 Å². The van der Waals surface area contributed by atoms with Crippen LogP contribution in [0.3, 0.4) is 0 Å². The lowest BCUT2D eigenvalue weighted by Crippen LogP contribution is -2.05. The predicted octanol–water partition coefficient (Wildman–Crippen LogP) is 13.2. The second-order valence-corrected chi connectivity index (χ2v) is 14.7. The Bertz CT molecular complexity index is 3080. The molecule has 9 rings (SSSR count). The molecule has 0 atom stereocenters. The predicted molar refractivity (Wildman–Crippen MR) is 219 cm³/mol. The van der Waals surface area contributed by atoms with Gasteiger partial charge in [-0.15, -0.1) is 0 Å². The van der Waals surface area contributed by atoms with Crippen LogP contribution in [0.15, 0.2) is 127 Å². The normalized spacial score (nSPS) is 11.8. The first-order chi connectivity index (χ1) is 26.9. The number of fused-ring (bicyclic) bond motifs is 6. The highest BCUT2D eigenvalue weighted by atomic mass is 19.4. The minimum atomic E-state index is -4.60. The molecule has 56 heavy (non-hydrogen) atoms. The van der Waals surface area contributed by atoms with Crippen molar-refractivity contribution in [2.24, 2.45) is 0 Å². The maximum atomic E-state index is 13.8. The van der Waals surface area contributed by atoms with Gasteiger partial charge in [0.05, 0.1) is 56.6 Å². The van der Waals surface area contributed by atoms with Crippen molar-refractivity contribution in [3.05, 3.63) is 166 Å². The lowest BCUT2D eigenvalue weighted by Gasteiger charge is -2.19. The molecule has 0 amide bonds. The molecule has 0 fully saturated rings. The van der Waals surface area contributed by atoms with Gasteiger partial charge in [-0.3, -0.25) is 0 Å². The zero-order valence-electron chi connectivity index (χ0n) is 31.0. The highest BCUT2D eigenvalue weighted by Crippen LogP contribution is 2.42. The van der Waals surface area contributed by atoms with Gasteiger partial charge in [0.15, 0.2) is 0 Å². The molecular weight excluding hydrogens is 702 g/mol. The summed E-state index contributed by atoms with van der Waals surface area (Å²) in [4.78, 5) is 0. The summed E-state index contributed by atoms with van der Waals surface area (Å²) in [5, 5.41) is 25.2. The van der Waals surface area contributed by atoms with E-state index in [-0.39, 0.29) is 5.56 Å². The minimum absolute atomic E-state index is 0.0912. The Balaban J connectivity index is 1.38. The molecule has 7 aromatic carbocycles. The number of nitrogens with zero attached hydrogens (tertiary/aromatic N) is 4. The molecule has 0 aliphatic rings. The molecular formula is C49H33F3N4. The van der Waals surface area contributed by atoms with E-state index in [1.165, 1.54) is 6.07 Å². The molecule has 0 radical (unpaired) electrons. The molecule has 2 heterocycles. The van der Waals surface area contributed by atoms with Gasteiger partial charge in [0.25, 0.3) is 0 Å². The number of aromatic nitrogens is 2. The summed E-state index contributed by atoms with van der Waals surface area (Å²) in [6.45, 7) is 8.30. The quantitative estimate of drug-likeness (QED) is 0.181. The summed E-state index contributed by atoms with van der Waals surface area (Å²) in [5.41, 5.74) is 11.9. The van der Waals surface area contributed by atoms with E-state index >= 15 is 0 Å². The molecule has 2 aromatic heterocycles. The second kappa shape index (κ2) is 12.8. The number of benzene rings is 7. The van der Waals surface area contributed by atoms with Crippen molar-refractivity contribution in [1.29, 1.82) is 10.5 Å². The molecule has 0 saturated carbocycles. The Morgan fingerprint density at radius 3 is 1.43 bits per heavy atom. The van der Waals surface area contributed by atoms with Crippen LogP contribution >= 0.6 is 0 Å². The largest absolute Gasteiger partial charge is 0.416 e. The Morgan fingerprint density at radius 2 is 0.946 bits per heavy atom. The minimum Gasteiger partial charge on any atom is -0.309 e. The van der Waals surface area contributed by atoms with Crippen LogP contribution in [0.2, 0.25) is 0 Å². The summed E-state index contributed by atoms with van der Waals surface area (Å²) in [5.74, 6) is 0. The number of halogens is 3. The fourth-order valence-electron chi connectivity index (χ4n) is 8.21. The van der Waals surface area contributed by atoms with Gasteiger partial charge < -0.3 is 9.13 Å². The van der Waals surface area contributed by atoms with E-state index in [0.717, 1.165) is 89.4 Å². The maximum absolute atomic E-state index is 13.8. The van der Waals surface area contributed by atoms with Crippen molar-refractivity contribution in [3.8, 4) is 45.8 Å². The third-order valence-electron chi connectivity index (χ3n) is 10.8. The third-order valence-corrected chi connectivity index (χ3v) is 10.8. The van der Waals surface area contributed by atoms with Crippen LogP contribution in [0.5, 0.6) is 0 Å². The van der Waals surface area contributed by atoms with Crippen molar-refractivity contribution in [1.82, 2.24) is 9.13 Å². The fraction of sp³-hybridized carbons (Fsp3) is 0.102. The van der Waals surface area contributed by atoms with Crippen LogP contribution in [0.1, 0.15) is 38.9 Å². The molecule has 4 nitrogen and oxygen atoms in total. The van der Waals surface area contributed by atoms with Crippen molar-refractivity contribution < 1.29 is 13.2 Å². The number of aryl methyl sites for hydroxylation is 4. The molecule has 0 aliphatic carbocycles. The van der Waals surface area contributed by atoms with E-state index in [0.29, 0.717) is 27.8 Å². The lowest BCUT2D eigenvalue weighted by molar-refractivity contribution is -0.137. The summed E-state index contributed by atoms with van der Waals surface area (Å²) in [6.07, 6.45) is -4.60. The zero-order chi connectivity index (χ0) is 39.0. The number of rotatable bonds is 4. The van der Waals surface area contributed by atoms with E-state index in [4.69, 9.17) is 0 Å². The summed E-state index contributed by atoms with van der Waals surface area (Å²) >= 11 is 0. The van der Waals surface area contributed by atoms with Crippen molar-refractivity contribution >= 4 is 43.6 Å². The van der Waals surface area contributed by atoms with Gasteiger partial charge in [-0.2, -0.15) is 23.7 Å². The Labute approximate surface area is 321 Å². The number of hydrogen-bond acceptors (Lipinski definition) is 2. The molecule has 0 saturated heterocycles. The summed E-state index contributed by atoms with van der Waals surface area (Å²) in [6, 6.07) is 44.7. The average molecular weight is 735 g/mol. The third kappa shape index (κ3) is 5.51. The monoisotopic (exact) mass is 734 g/mol. The van der Waals surface area contributed by atoms with Crippen LogP contribution in [0.4, 0.5) is 13.2 Å². The highest BCUT2D eigenvalue weighted by molar-refractivity contribution is 6.11. The first-order valence-corrected chi connectivity index (χ1v) is 18.3. The molecule has 270 valence electrons. The second-order valence-electron chi connectivity index (χ2n) is 14.7. The average Bonchev–Trinajstić information content (AvgIpc) is 3.67. The topological polar surface area (TPSA) is 57.4 Å². The standard InChI is InChI=1S/C49H33F3N4/c1-28-5-14-44-39(19-28)40-20-29(2)6-15-45(40)55(44)36-12-9-33(26-53)38(25-36)43-24-32(37-13-11-35(49(50,51)52)23-34(37)27-54)10-18-48(43)56-46-16-7-30(3)21-41(46)42-22-31(4)8-17-47(42)56/h5-25H,1-4H3. The first-order valence-electron chi connectivity index (χ1n) is 18.3. The Hall–Kier alpha value is -7.09. The van der Waals surface area contributed by atoms with Gasteiger partial charge in [0.2, 0.25) is 0 Å². The zero-order valence-corrected chi connectivity index (χ0v) is 31.0. The molecule has 0 aliphatic heterocycles. The molecule has 0 unspecified atom stereocenters. The van der Waals surface area contributed by atoms with Gasteiger partial charge in [-0.1, -0.05) is 58.7 Å². The lowest BCUT2D eigenvalue weighted by atomic mass is 9.91. The van der Waals surface area contributed by atoms with Gasteiger partial charge in [0.1, 0.15) is 0 Å². The van der Waals surface area contributed by atoms with Gasteiger partial charge >= 0.3 is 6.18 Å². The van der Waals surface area contributed by atoms with Crippen molar-refractivity contribution in [2.75, 3.05) is 0 Å². The van der Waals surface area contributed by atoms with Crippen LogP contribution in [-0.4, -0.2) is 9.13 Å². The summed E-state index contributed by atoms with van der Waals surface area (Å²) in [7, 11) is 0. The van der Waals surface area contributed by atoms with Gasteiger partial charge in [0, 0.05) is 38.4 Å². The Kier molecular flexibility index (Phi) is 7.90. The van der Waals surface area contributed by atoms with E-state index in [9.17, 15) is 23.7 Å². The van der Waals surface area contributed by atoms with E-state index in [2.05, 4.69) is 116 Å². The first kappa shape index (κ1) is 34.7. The van der Waals surface area contributed by atoms with Gasteiger partial charge in [-0.25, -0.2) is 0 Å². The van der Waals surface area contributed by atoms with Crippen LogP contribution in [0, 0.1) is 50.4 Å². The van der Waals surface area contributed by atoms with Gasteiger partial charge in [-0.05, 0) is 130 Å². The molecule has 0 bridgehead atoms. The van der Waals surface area contributed by atoms with Crippen LogP contribution < -0.4 is 0 Å². The molecule has 0 spiro atoms. The Morgan fingerprint density at radius 1 is 0.446 bits per heavy atom.